The Morgan fingerprint density at radius 1 is 1.27 bits per heavy atom. The van der Waals surface area contributed by atoms with E-state index in [1.807, 2.05) is 24.4 Å². The van der Waals surface area contributed by atoms with Gasteiger partial charge in [0, 0.05) is 18.0 Å². The lowest BCUT2D eigenvalue weighted by molar-refractivity contribution is 1.16. The molecule has 0 spiro atoms. The van der Waals surface area contributed by atoms with Gasteiger partial charge < -0.3 is 5.32 Å². The van der Waals surface area contributed by atoms with Crippen molar-refractivity contribution in [2.24, 2.45) is 0 Å². The molecule has 11 heavy (non-hydrogen) atoms. The van der Waals surface area contributed by atoms with Crippen LogP contribution in [-0.2, 0) is 0 Å². The molecule has 3 heteroatoms. The summed E-state index contributed by atoms with van der Waals surface area (Å²) in [6.45, 7) is 0. The Morgan fingerprint density at radius 3 is 3.27 bits per heavy atom. The molecule has 0 unspecified atom stereocenters. The largest absolute Gasteiger partial charge is 0.346 e. The van der Waals surface area contributed by atoms with Gasteiger partial charge in [-0.25, -0.2) is 9.97 Å². The molecule has 1 aliphatic rings. The summed E-state index contributed by atoms with van der Waals surface area (Å²) < 4.78 is 0. The number of rotatable bonds is 0. The van der Waals surface area contributed by atoms with E-state index in [4.69, 9.17) is 0 Å². The molecule has 0 atom stereocenters. The molecule has 3 nitrogen and oxygen atoms in total. The van der Waals surface area contributed by atoms with E-state index >= 15 is 0 Å². The Hall–Kier alpha value is -1.64. The number of nitrogens with one attached hydrogen (secondary N) is 1. The van der Waals surface area contributed by atoms with Crippen molar-refractivity contribution in [1.29, 1.82) is 0 Å². The van der Waals surface area contributed by atoms with E-state index in [0.717, 1.165) is 11.4 Å². The number of anilines is 1. The molecule has 0 aliphatic carbocycles. The van der Waals surface area contributed by atoms with Gasteiger partial charge in [-0.3, -0.25) is 0 Å². The first-order valence-corrected chi connectivity index (χ1v) is 3.36. The quantitative estimate of drug-likeness (QED) is 0.600. The van der Waals surface area contributed by atoms with Gasteiger partial charge in [0.1, 0.15) is 12.1 Å². The minimum Gasteiger partial charge on any atom is -0.346 e. The molecule has 0 aromatic carbocycles. The fraction of sp³-hybridized carbons (Fsp3) is 0. The summed E-state index contributed by atoms with van der Waals surface area (Å²) in [6.07, 6.45) is 11.0. The Morgan fingerprint density at radius 2 is 2.27 bits per heavy atom. The molecule has 0 saturated carbocycles. The average molecular weight is 145 g/mol. The SMILES string of the molecule is C1=CNc2ncncc2C=C1. The molecule has 2 rings (SSSR count). The minimum absolute atomic E-state index is 0.852. The van der Waals surface area contributed by atoms with Gasteiger partial charge in [0.15, 0.2) is 0 Å². The van der Waals surface area contributed by atoms with Crippen molar-refractivity contribution in [1.82, 2.24) is 9.97 Å². The Labute approximate surface area is 64.5 Å². The molecule has 2 heterocycles. The highest BCUT2D eigenvalue weighted by atomic mass is 15.0. The zero-order valence-corrected chi connectivity index (χ0v) is 5.86. The van der Waals surface area contributed by atoms with Crippen LogP contribution in [-0.4, -0.2) is 9.97 Å². The summed E-state index contributed by atoms with van der Waals surface area (Å²) in [5.74, 6) is 0.852. The van der Waals surface area contributed by atoms with Gasteiger partial charge in [-0.2, -0.15) is 0 Å². The molecule has 0 amide bonds. The smallest absolute Gasteiger partial charge is 0.140 e. The van der Waals surface area contributed by atoms with E-state index in [0.29, 0.717) is 0 Å². The number of aromatic nitrogens is 2. The van der Waals surface area contributed by atoms with E-state index in [2.05, 4.69) is 15.3 Å². The monoisotopic (exact) mass is 145 g/mol. The number of fused-ring (bicyclic) bond motifs is 1. The van der Waals surface area contributed by atoms with Gasteiger partial charge in [-0.05, 0) is 12.2 Å². The molecule has 1 aliphatic heterocycles. The number of allylic oxidation sites excluding steroid dienone is 2. The summed E-state index contributed by atoms with van der Waals surface area (Å²) in [6, 6.07) is 0. The first-order valence-electron chi connectivity index (χ1n) is 3.36. The predicted molar refractivity (Wildman–Crippen MR) is 43.8 cm³/mol. The standard InChI is InChI=1S/C8H7N3/c1-2-4-10-8-7(3-1)5-9-6-11-8/h1-6H,(H,9,10,11). The lowest BCUT2D eigenvalue weighted by atomic mass is 10.3. The molecule has 0 bridgehead atoms. The van der Waals surface area contributed by atoms with Crippen molar-refractivity contribution in [2.45, 2.75) is 0 Å². The summed E-state index contributed by atoms with van der Waals surface area (Å²) in [7, 11) is 0. The maximum Gasteiger partial charge on any atom is 0.140 e. The highest BCUT2D eigenvalue weighted by Crippen LogP contribution is 2.13. The normalized spacial score (nSPS) is 13.5. The average Bonchev–Trinajstić information content (AvgIpc) is 2.28. The highest BCUT2D eigenvalue weighted by Gasteiger charge is 1.98. The van der Waals surface area contributed by atoms with Crippen LogP contribution in [0.5, 0.6) is 0 Å². The maximum atomic E-state index is 4.05. The van der Waals surface area contributed by atoms with E-state index in [9.17, 15) is 0 Å². The summed E-state index contributed by atoms with van der Waals surface area (Å²) in [5, 5.41) is 3.03. The number of nitrogens with zero attached hydrogens (tertiary/aromatic N) is 2. The third-order valence-electron chi connectivity index (χ3n) is 1.44. The molecule has 0 radical (unpaired) electrons. The van der Waals surface area contributed by atoms with Crippen LogP contribution in [0.25, 0.3) is 6.08 Å². The van der Waals surface area contributed by atoms with Gasteiger partial charge in [0.2, 0.25) is 0 Å². The summed E-state index contributed by atoms with van der Waals surface area (Å²) in [4.78, 5) is 7.96. The van der Waals surface area contributed by atoms with Gasteiger partial charge >= 0.3 is 0 Å². The van der Waals surface area contributed by atoms with Crippen LogP contribution in [0.4, 0.5) is 5.82 Å². The minimum atomic E-state index is 0.852. The summed E-state index contributed by atoms with van der Waals surface area (Å²) in [5.41, 5.74) is 1.01. The molecule has 1 N–H and O–H groups in total. The topological polar surface area (TPSA) is 37.8 Å². The van der Waals surface area contributed by atoms with Gasteiger partial charge in [-0.1, -0.05) is 6.08 Å². The second-order valence-electron chi connectivity index (χ2n) is 2.19. The Bertz CT molecular complexity index is 315. The Kier molecular flexibility index (Phi) is 1.41. The molecule has 0 saturated heterocycles. The molecule has 1 aromatic heterocycles. The van der Waals surface area contributed by atoms with Crippen molar-refractivity contribution in [3.05, 3.63) is 36.4 Å². The molecule has 1 aromatic rings. The van der Waals surface area contributed by atoms with E-state index < -0.39 is 0 Å². The van der Waals surface area contributed by atoms with Crippen molar-refractivity contribution < 1.29 is 0 Å². The zero-order valence-electron chi connectivity index (χ0n) is 5.86. The molecule has 0 fully saturated rings. The second-order valence-corrected chi connectivity index (χ2v) is 2.19. The highest BCUT2D eigenvalue weighted by molar-refractivity contribution is 5.65. The predicted octanol–water partition coefficient (Wildman–Crippen LogP) is 1.43. The number of hydrogen-bond acceptors (Lipinski definition) is 3. The van der Waals surface area contributed by atoms with Crippen LogP contribution in [0.15, 0.2) is 30.9 Å². The first-order chi connectivity index (χ1) is 5.47. The lowest BCUT2D eigenvalue weighted by Crippen LogP contribution is -1.93. The van der Waals surface area contributed by atoms with Gasteiger partial charge in [0.05, 0.1) is 0 Å². The van der Waals surface area contributed by atoms with E-state index in [-0.39, 0.29) is 0 Å². The second kappa shape index (κ2) is 2.54. The van der Waals surface area contributed by atoms with Crippen molar-refractivity contribution in [3.8, 4) is 0 Å². The van der Waals surface area contributed by atoms with E-state index in [1.165, 1.54) is 6.33 Å². The third kappa shape index (κ3) is 1.12. The molecular weight excluding hydrogens is 138 g/mol. The van der Waals surface area contributed by atoms with E-state index in [1.54, 1.807) is 6.20 Å². The molecular formula is C8H7N3. The zero-order chi connectivity index (χ0) is 7.52. The summed E-state index contributed by atoms with van der Waals surface area (Å²) >= 11 is 0. The molecule has 54 valence electrons. The van der Waals surface area contributed by atoms with Crippen LogP contribution in [0.1, 0.15) is 5.56 Å². The van der Waals surface area contributed by atoms with Crippen LogP contribution < -0.4 is 5.32 Å². The fourth-order valence-corrected chi connectivity index (χ4v) is 0.925. The van der Waals surface area contributed by atoms with Gasteiger partial charge in [-0.15, -0.1) is 0 Å². The van der Waals surface area contributed by atoms with Crippen LogP contribution in [0, 0.1) is 0 Å². The Balaban J connectivity index is 2.52. The van der Waals surface area contributed by atoms with Gasteiger partial charge in [0.25, 0.3) is 0 Å². The van der Waals surface area contributed by atoms with Crippen LogP contribution in [0.2, 0.25) is 0 Å². The first kappa shape index (κ1) is 6.09. The maximum absolute atomic E-state index is 4.05. The number of hydrogen-bond donors (Lipinski definition) is 1. The van der Waals surface area contributed by atoms with Crippen LogP contribution in [0.3, 0.4) is 0 Å². The lowest BCUT2D eigenvalue weighted by Gasteiger charge is -1.99. The third-order valence-corrected chi connectivity index (χ3v) is 1.44. The fourth-order valence-electron chi connectivity index (χ4n) is 0.925. The van der Waals surface area contributed by atoms with Crippen molar-refractivity contribution >= 4 is 11.9 Å². The van der Waals surface area contributed by atoms with Crippen molar-refractivity contribution in [2.75, 3.05) is 5.32 Å². The van der Waals surface area contributed by atoms with Crippen molar-refractivity contribution in [3.63, 3.8) is 0 Å². The van der Waals surface area contributed by atoms with Crippen LogP contribution >= 0.6 is 0 Å².